The van der Waals surface area contributed by atoms with Crippen LogP contribution < -0.4 is 21.3 Å². The van der Waals surface area contributed by atoms with Gasteiger partial charge in [0.15, 0.2) is 5.82 Å². The Morgan fingerprint density at radius 2 is 1.91 bits per heavy atom. The lowest BCUT2D eigenvalue weighted by atomic mass is 9.84. The van der Waals surface area contributed by atoms with Crippen LogP contribution in [0.1, 0.15) is 19.3 Å². The molecule has 5 N–H and O–H groups in total. The van der Waals surface area contributed by atoms with Gasteiger partial charge in [-0.05, 0) is 55.4 Å². The number of carbonyl (C=O) groups is 1. The van der Waals surface area contributed by atoms with Crippen LogP contribution in [0.2, 0.25) is 0 Å². The molecular weight excluding hydrogens is 420 g/mol. The van der Waals surface area contributed by atoms with Gasteiger partial charge >= 0.3 is 0 Å². The van der Waals surface area contributed by atoms with Crippen LogP contribution in [-0.4, -0.2) is 58.2 Å². The van der Waals surface area contributed by atoms with Gasteiger partial charge in [0.25, 0.3) is 0 Å². The molecule has 4 atom stereocenters. The van der Waals surface area contributed by atoms with Crippen molar-refractivity contribution in [2.45, 2.75) is 25.3 Å². The molecule has 3 fully saturated rings. The average Bonchev–Trinajstić information content (AvgIpc) is 3.56. The molecule has 2 bridgehead atoms. The number of H-pyrrole nitrogens is 1. The van der Waals surface area contributed by atoms with E-state index in [1.54, 1.807) is 0 Å². The Balaban J connectivity index is 1.24. The lowest BCUT2D eigenvalue weighted by molar-refractivity contribution is -0.123. The summed E-state index contributed by atoms with van der Waals surface area (Å²) in [5.74, 6) is 2.25. The number of anilines is 4. The fourth-order valence-corrected chi connectivity index (χ4v) is 5.78. The monoisotopic (exact) mass is 448 g/mol. The molecule has 2 aliphatic carbocycles. The standard InChI is InChI=1S/C23H28N8O2/c24-20(32)17-13-1-2-14(11-13)18(17)28-22-19-21(26-12-25-19)29-23(30-22)27-15-3-5-16(6-4-15)31-7-9-33-10-8-31/h3-6,12-14,17-18H,1-2,7-11H2,(H2,24,32)(H3,25,26,27,28,29,30). The molecule has 0 aromatic heterocycles. The second-order valence-electron chi connectivity index (χ2n) is 9.21. The normalized spacial score (nSPS) is 26.6. The number of nitrogens with two attached hydrogens (primary N) is 1. The largest absolute Gasteiger partial charge is 0.378 e. The molecule has 10 nitrogen and oxygen atoms in total. The molecule has 1 amide bonds. The summed E-state index contributed by atoms with van der Waals surface area (Å²) in [4.78, 5) is 31.1. The maximum Gasteiger partial charge on any atom is 0.222 e. The quantitative estimate of drug-likeness (QED) is 0.451. The first kappa shape index (κ1) is 20.2. The first-order chi connectivity index (χ1) is 16.2. The van der Waals surface area contributed by atoms with Crippen LogP contribution in [0.4, 0.5) is 23.1 Å². The highest BCUT2D eigenvalue weighted by Crippen LogP contribution is 2.49. The Kier molecular flexibility index (Phi) is 5.01. The Bertz CT molecular complexity index is 1110. The summed E-state index contributed by atoms with van der Waals surface area (Å²) < 4.78 is 5.44. The van der Waals surface area contributed by atoms with E-state index in [0.717, 1.165) is 51.3 Å². The maximum atomic E-state index is 12.2. The average molecular weight is 449 g/mol. The first-order valence-corrected chi connectivity index (χ1v) is 11.6. The lowest BCUT2D eigenvalue weighted by Gasteiger charge is -2.30. The Morgan fingerprint density at radius 1 is 1.12 bits per heavy atom. The predicted molar refractivity (Wildman–Crippen MR) is 124 cm³/mol. The molecule has 3 aliphatic heterocycles. The predicted octanol–water partition coefficient (Wildman–Crippen LogP) is 2.20. The molecule has 2 saturated carbocycles. The van der Waals surface area contributed by atoms with E-state index in [1.807, 2.05) is 12.1 Å². The molecule has 4 unspecified atom stereocenters. The number of nitrogens with one attached hydrogen (secondary N) is 3. The molecule has 33 heavy (non-hydrogen) atoms. The zero-order valence-corrected chi connectivity index (χ0v) is 18.3. The Hall–Kier alpha value is -3.40. The lowest BCUT2D eigenvalue weighted by Crippen LogP contribution is -2.42. The highest BCUT2D eigenvalue weighted by atomic mass is 16.5. The number of hydrogen-bond donors (Lipinski definition) is 4. The van der Waals surface area contributed by atoms with E-state index in [9.17, 15) is 4.79 Å². The van der Waals surface area contributed by atoms with Gasteiger partial charge in [-0.1, -0.05) is 0 Å². The van der Waals surface area contributed by atoms with Gasteiger partial charge in [-0.15, -0.1) is 0 Å². The van der Waals surface area contributed by atoms with Gasteiger partial charge in [0.2, 0.25) is 11.9 Å². The molecule has 5 aliphatic rings. The third-order valence-corrected chi connectivity index (χ3v) is 7.34. The highest BCUT2D eigenvalue weighted by Gasteiger charge is 2.50. The molecule has 1 saturated heterocycles. The fourth-order valence-electron chi connectivity index (χ4n) is 5.78. The number of rotatable bonds is 6. The summed E-state index contributed by atoms with van der Waals surface area (Å²) in [5, 5.41) is 6.89. The van der Waals surface area contributed by atoms with E-state index in [-0.39, 0.29) is 17.9 Å². The smallest absolute Gasteiger partial charge is 0.222 e. The van der Waals surface area contributed by atoms with E-state index in [4.69, 9.17) is 10.5 Å². The Labute approximate surface area is 191 Å². The fraction of sp³-hybridized carbons (Fsp3) is 0.478. The maximum absolute atomic E-state index is 12.2. The van der Waals surface area contributed by atoms with Crippen molar-refractivity contribution in [3.05, 3.63) is 30.6 Å². The number of amides is 1. The van der Waals surface area contributed by atoms with Crippen LogP contribution >= 0.6 is 0 Å². The van der Waals surface area contributed by atoms with Gasteiger partial charge in [-0.2, -0.15) is 4.98 Å². The van der Waals surface area contributed by atoms with E-state index < -0.39 is 0 Å². The summed E-state index contributed by atoms with van der Waals surface area (Å²) in [6, 6.07) is 8.27. The summed E-state index contributed by atoms with van der Waals surface area (Å²) >= 11 is 0. The number of imidazole rings is 1. The van der Waals surface area contributed by atoms with Crippen molar-refractivity contribution < 1.29 is 9.53 Å². The van der Waals surface area contributed by atoms with Crippen LogP contribution in [0.5, 0.6) is 0 Å². The molecule has 0 radical (unpaired) electrons. The van der Waals surface area contributed by atoms with Crippen LogP contribution in [-0.2, 0) is 9.53 Å². The van der Waals surface area contributed by atoms with Crippen LogP contribution in [0.25, 0.3) is 11.5 Å². The molecule has 0 spiro atoms. The number of nitrogens with zero attached hydrogens (tertiary/aromatic N) is 4. The number of ether oxygens (including phenoxy) is 1. The summed E-state index contributed by atoms with van der Waals surface area (Å²) in [7, 11) is 0. The molecular formula is C23H28N8O2. The van der Waals surface area contributed by atoms with Crippen LogP contribution in [0, 0.1) is 17.8 Å². The number of hydrogen-bond acceptors (Lipinski definition) is 8. The summed E-state index contributed by atoms with van der Waals surface area (Å²) in [5.41, 5.74) is 8.52. The number of fused-ring (bicyclic) bond motifs is 3. The summed E-state index contributed by atoms with van der Waals surface area (Å²) in [6.45, 7) is 3.32. The molecule has 1 aromatic carbocycles. The Morgan fingerprint density at radius 3 is 2.70 bits per heavy atom. The van der Waals surface area contributed by atoms with Crippen LogP contribution in [0.15, 0.2) is 30.6 Å². The van der Waals surface area contributed by atoms with Crippen molar-refractivity contribution in [3.63, 3.8) is 0 Å². The van der Waals surface area contributed by atoms with Crippen molar-refractivity contribution in [1.29, 1.82) is 0 Å². The summed E-state index contributed by atoms with van der Waals surface area (Å²) in [6.07, 6.45) is 4.75. The minimum absolute atomic E-state index is 0.000422. The van der Waals surface area contributed by atoms with E-state index >= 15 is 0 Å². The van der Waals surface area contributed by atoms with Crippen molar-refractivity contribution in [3.8, 4) is 11.5 Å². The zero-order valence-electron chi connectivity index (χ0n) is 18.3. The minimum Gasteiger partial charge on any atom is -0.378 e. The molecule has 6 rings (SSSR count). The van der Waals surface area contributed by atoms with Gasteiger partial charge in [0, 0.05) is 30.5 Å². The second kappa shape index (κ2) is 8.18. The molecule has 172 valence electrons. The van der Waals surface area contributed by atoms with Crippen molar-refractivity contribution in [2.24, 2.45) is 23.5 Å². The van der Waals surface area contributed by atoms with Crippen molar-refractivity contribution in [1.82, 2.24) is 19.9 Å². The van der Waals surface area contributed by atoms with E-state index in [2.05, 4.69) is 47.6 Å². The van der Waals surface area contributed by atoms with E-state index in [0.29, 0.717) is 35.1 Å². The topological polar surface area (TPSA) is 134 Å². The first-order valence-electron chi connectivity index (χ1n) is 11.6. The number of aromatic amines is 1. The number of carbonyl (C=O) groups excluding carboxylic acids is 1. The third kappa shape index (κ3) is 3.74. The molecule has 3 heterocycles. The van der Waals surface area contributed by atoms with Gasteiger partial charge in [-0.3, -0.25) is 4.79 Å². The van der Waals surface area contributed by atoms with Gasteiger partial charge in [0.1, 0.15) is 17.8 Å². The van der Waals surface area contributed by atoms with E-state index in [1.165, 1.54) is 12.0 Å². The minimum atomic E-state index is -0.225. The number of morpholine rings is 1. The van der Waals surface area contributed by atoms with Crippen molar-refractivity contribution in [2.75, 3.05) is 41.8 Å². The second-order valence-corrected chi connectivity index (χ2v) is 9.21. The number of aromatic nitrogens is 4. The van der Waals surface area contributed by atoms with Gasteiger partial charge in [-0.25, -0.2) is 9.97 Å². The molecule has 10 heteroatoms. The number of primary amides is 1. The van der Waals surface area contributed by atoms with Gasteiger partial charge < -0.3 is 31.0 Å². The third-order valence-electron chi connectivity index (χ3n) is 7.34. The molecule has 1 aromatic rings. The van der Waals surface area contributed by atoms with Gasteiger partial charge in [0.05, 0.1) is 19.1 Å². The highest BCUT2D eigenvalue weighted by molar-refractivity contribution is 5.80. The van der Waals surface area contributed by atoms with Crippen LogP contribution in [0.3, 0.4) is 0 Å². The van der Waals surface area contributed by atoms with Crippen molar-refractivity contribution >= 4 is 29.0 Å². The zero-order chi connectivity index (χ0) is 22.4. The SMILES string of the molecule is NC(=O)C1C2CCC(C2)C1Nc1[nH]c(Nc2ccc(N3CCOCC3)cc2)nc2ncnc1-2. The number of benzene rings is 1.